The molecular formula is C126H133BN8O. The van der Waals surface area contributed by atoms with Crippen LogP contribution in [0.2, 0.25) is 0 Å². The van der Waals surface area contributed by atoms with Crippen molar-refractivity contribution in [3.8, 4) is 67.3 Å². The molecule has 20 rings (SSSR count). The van der Waals surface area contributed by atoms with Crippen molar-refractivity contribution in [2.75, 3.05) is 9.80 Å². The number of aromatic nitrogens is 6. The SMILES string of the molecule is CC(C)(C)c1ccc2c(c1)c1cc(C(C)(C)C)ccc1n2-c1ccc2c(c1)N(c1c(-c3cc(C(C)(C)C)nc(C(C)(C)C)c3)cccc1-c1cc(C(C)(C)C)nc(C(C)(C)C)c1)c1cc(-c3ccc4oc5ccccc5c4c3)cc3c1B2c1ccc(-n2c4ccc(C(C)(C)C)cc4c4cc(C(C)(C)C)ccc42)cc1N3c1c(-c2cccc(C(C)(C)C)n2)cccc1-c1cccc(C(C)(C)C)n1. The Labute approximate surface area is 807 Å². The Morgan fingerprint density at radius 3 is 0.926 bits per heavy atom. The molecule has 0 N–H and O–H groups in total. The zero-order chi connectivity index (χ0) is 96.7. The maximum absolute atomic E-state index is 6.86. The number of rotatable bonds is 9. The molecule has 2 aliphatic heterocycles. The average molecular weight is 1790 g/mol. The van der Waals surface area contributed by atoms with Gasteiger partial charge < -0.3 is 23.4 Å². The standard InChI is InChI=1S/C126H133BN8O/c1-117(2,3)78-48-56-98-89(68-78)90-69-79(118(4,5)6)49-57-99(90)132(98)82-52-54-94-102(72-82)134(115-84(76-64-110(123(19,20)21)130-111(65-76)124(22,23)24)38-33-39-85(115)77-66-112(125(25,26)27)131-113(67-77)126(28,29)30)104-62-75(74-47-60-107-93(61-74)86-37-31-32-44-106(86)136-107)63-105-114(104)127(94)95-55-53-83(133-100-58-50-80(119(7,8)9)70-91(100)92-71-81(120(10,11)12)51-59-101(92)133)73-103(95)135(105)116-87(96-42-35-45-108(128-96)121(13,14)15)40-34-41-88(116)97-43-36-46-109(129-97)122(16,17)18/h31-73H,1-30H3. The number of pyridine rings is 4. The van der Waals surface area contributed by atoms with E-state index in [0.717, 1.165) is 196 Å². The molecule has 686 valence electrons. The number of benzene rings is 11. The van der Waals surface area contributed by atoms with E-state index in [1.54, 1.807) is 0 Å². The smallest absolute Gasteiger partial charge is 0.252 e. The van der Waals surface area contributed by atoms with Gasteiger partial charge in [-0.1, -0.05) is 317 Å². The first-order valence-corrected chi connectivity index (χ1v) is 49.2. The van der Waals surface area contributed by atoms with Crippen LogP contribution in [-0.4, -0.2) is 35.8 Å². The van der Waals surface area contributed by atoms with Crippen LogP contribution >= 0.6 is 0 Å². The molecular weight excluding hydrogens is 1650 g/mol. The Morgan fingerprint density at radius 2 is 0.566 bits per heavy atom. The molecule has 0 saturated heterocycles. The van der Waals surface area contributed by atoms with Crippen LogP contribution in [-0.2, 0) is 54.1 Å². The molecule has 0 amide bonds. The number of hydrogen-bond acceptors (Lipinski definition) is 7. The van der Waals surface area contributed by atoms with Crippen LogP contribution in [0.15, 0.2) is 265 Å². The fraction of sp³-hybridized carbons (Fsp3) is 0.317. The second-order valence-corrected chi connectivity index (χ2v) is 49.4. The highest BCUT2D eigenvalue weighted by Gasteiger charge is 2.47. The van der Waals surface area contributed by atoms with Gasteiger partial charge in [0.05, 0.1) is 44.8 Å². The fourth-order valence-electron chi connectivity index (χ4n) is 20.6. The number of nitrogens with zero attached hydrogens (tertiary/aromatic N) is 8. The number of para-hydroxylation sites is 3. The highest BCUT2D eigenvalue weighted by atomic mass is 16.3. The molecule has 0 saturated carbocycles. The second-order valence-electron chi connectivity index (χ2n) is 49.4. The molecule has 9 nitrogen and oxygen atoms in total. The molecule has 0 radical (unpaired) electrons. The Balaban J connectivity index is 1.02. The lowest BCUT2D eigenvalue weighted by molar-refractivity contribution is 0.531. The zero-order valence-corrected chi connectivity index (χ0v) is 85.9. The average Bonchev–Trinajstić information content (AvgIpc) is 0.739. The highest BCUT2D eigenvalue weighted by Crippen LogP contribution is 2.57. The van der Waals surface area contributed by atoms with Crippen molar-refractivity contribution in [2.24, 2.45) is 0 Å². The van der Waals surface area contributed by atoms with Crippen molar-refractivity contribution < 1.29 is 4.42 Å². The van der Waals surface area contributed by atoms with Gasteiger partial charge in [0, 0.05) is 155 Å². The minimum absolute atomic E-state index is 0.116. The first kappa shape index (κ1) is 90.9. The van der Waals surface area contributed by atoms with Gasteiger partial charge in [0.25, 0.3) is 6.71 Å². The predicted molar refractivity (Wildman–Crippen MR) is 582 cm³/mol. The van der Waals surface area contributed by atoms with Crippen molar-refractivity contribution >= 4 is 123 Å². The van der Waals surface area contributed by atoms with Crippen LogP contribution in [0.4, 0.5) is 34.1 Å². The molecule has 0 atom stereocenters. The van der Waals surface area contributed by atoms with Crippen LogP contribution < -0.4 is 26.2 Å². The number of furan rings is 1. The highest BCUT2D eigenvalue weighted by molar-refractivity contribution is 7.00. The number of fused-ring (bicyclic) bond motifs is 13. The van der Waals surface area contributed by atoms with Crippen molar-refractivity contribution in [2.45, 2.75) is 262 Å². The zero-order valence-electron chi connectivity index (χ0n) is 85.9. The molecule has 0 aliphatic carbocycles. The summed E-state index contributed by atoms with van der Waals surface area (Å²) in [5, 5.41) is 7.01. The van der Waals surface area contributed by atoms with Gasteiger partial charge in [-0.2, -0.15) is 0 Å². The first-order valence-electron chi connectivity index (χ1n) is 49.2. The number of hydrogen-bond donors (Lipinski definition) is 0. The Hall–Kier alpha value is -12.9. The third kappa shape index (κ3) is 15.7. The minimum atomic E-state index is -0.415. The summed E-state index contributed by atoms with van der Waals surface area (Å²) in [6.07, 6.45) is 0. The van der Waals surface area contributed by atoms with E-state index in [-0.39, 0.29) is 54.1 Å². The monoisotopic (exact) mass is 1790 g/mol. The van der Waals surface area contributed by atoms with Gasteiger partial charge in [-0.05, 0) is 234 Å². The van der Waals surface area contributed by atoms with E-state index in [1.165, 1.54) is 43.8 Å². The fourth-order valence-corrected chi connectivity index (χ4v) is 20.6. The lowest BCUT2D eigenvalue weighted by Gasteiger charge is -2.46. The Kier molecular flexibility index (Phi) is 20.9. The van der Waals surface area contributed by atoms with Gasteiger partial charge in [0.1, 0.15) is 11.2 Å². The molecule has 0 unspecified atom stereocenters. The van der Waals surface area contributed by atoms with E-state index >= 15 is 0 Å². The van der Waals surface area contributed by atoms with Crippen LogP contribution in [0.25, 0.3) is 133 Å². The molecule has 18 aromatic rings. The summed E-state index contributed by atoms with van der Waals surface area (Å²) < 4.78 is 12.0. The third-order valence-electron chi connectivity index (χ3n) is 28.7. The van der Waals surface area contributed by atoms with Gasteiger partial charge in [0.2, 0.25) is 0 Å². The van der Waals surface area contributed by atoms with E-state index in [9.17, 15) is 0 Å². The summed E-state index contributed by atoms with van der Waals surface area (Å²) in [6, 6.07) is 102. The van der Waals surface area contributed by atoms with Crippen LogP contribution in [0.1, 0.15) is 264 Å². The van der Waals surface area contributed by atoms with Crippen LogP contribution in [0.3, 0.4) is 0 Å². The van der Waals surface area contributed by atoms with Crippen molar-refractivity contribution in [1.29, 1.82) is 0 Å². The first-order chi connectivity index (χ1) is 63.7. The van der Waals surface area contributed by atoms with Crippen LogP contribution in [0, 0.1) is 0 Å². The van der Waals surface area contributed by atoms with Gasteiger partial charge in [-0.25, -0.2) is 0 Å². The summed E-state index contributed by atoms with van der Waals surface area (Å²) >= 11 is 0. The Bertz CT molecular complexity index is 7590. The van der Waals surface area contributed by atoms with Gasteiger partial charge in [0.15, 0.2) is 0 Å². The number of anilines is 6. The van der Waals surface area contributed by atoms with Gasteiger partial charge in [-0.3, -0.25) is 19.9 Å². The molecule has 136 heavy (non-hydrogen) atoms. The molecule has 10 heteroatoms. The molecule has 0 fully saturated rings. The summed E-state index contributed by atoms with van der Waals surface area (Å²) in [5.74, 6) is 0. The van der Waals surface area contributed by atoms with E-state index < -0.39 is 6.71 Å². The maximum atomic E-state index is 6.86. The molecule has 0 spiro atoms. The topological polar surface area (TPSA) is 81.0 Å². The third-order valence-corrected chi connectivity index (χ3v) is 28.7. The molecule has 11 aromatic carbocycles. The molecule has 9 heterocycles. The predicted octanol–water partition coefficient (Wildman–Crippen LogP) is 32.8. The van der Waals surface area contributed by atoms with Gasteiger partial charge >= 0.3 is 0 Å². The van der Waals surface area contributed by atoms with Crippen LogP contribution in [0.5, 0.6) is 0 Å². The molecule has 2 aliphatic rings. The minimum Gasteiger partial charge on any atom is -0.456 e. The van der Waals surface area contributed by atoms with E-state index in [2.05, 4.69) is 487 Å². The lowest BCUT2D eigenvalue weighted by Crippen LogP contribution is -2.61. The lowest BCUT2D eigenvalue weighted by atomic mass is 9.33. The van der Waals surface area contributed by atoms with Crippen molar-refractivity contribution in [1.82, 2.24) is 29.1 Å². The van der Waals surface area contributed by atoms with Crippen molar-refractivity contribution in [3.05, 3.63) is 317 Å². The summed E-state index contributed by atoms with van der Waals surface area (Å²) in [4.78, 5) is 28.6. The van der Waals surface area contributed by atoms with Crippen molar-refractivity contribution in [3.63, 3.8) is 0 Å². The van der Waals surface area contributed by atoms with E-state index in [1.807, 2.05) is 0 Å². The summed E-state index contributed by atoms with van der Waals surface area (Å²) in [5.41, 5.74) is 36.8. The Morgan fingerprint density at radius 1 is 0.228 bits per heavy atom. The van der Waals surface area contributed by atoms with E-state index in [0.29, 0.717) is 0 Å². The molecule has 7 aromatic heterocycles. The largest absolute Gasteiger partial charge is 0.456 e. The molecule has 0 bridgehead atoms. The quantitative estimate of drug-likeness (QED) is 0.133. The van der Waals surface area contributed by atoms with E-state index in [4.69, 9.17) is 24.4 Å². The second kappa shape index (κ2) is 31.3. The normalized spacial score (nSPS) is 13.8. The van der Waals surface area contributed by atoms with Gasteiger partial charge in [-0.15, -0.1) is 0 Å². The summed E-state index contributed by atoms with van der Waals surface area (Å²) in [7, 11) is 0. The summed E-state index contributed by atoms with van der Waals surface area (Å²) in [6.45, 7) is 69.1. The maximum Gasteiger partial charge on any atom is 0.252 e.